The van der Waals surface area contributed by atoms with E-state index in [0.29, 0.717) is 30.5 Å². The first-order valence-electron chi connectivity index (χ1n) is 9.63. The van der Waals surface area contributed by atoms with Crippen molar-refractivity contribution in [2.24, 2.45) is 0 Å². The Morgan fingerprint density at radius 3 is 2.71 bits per heavy atom. The summed E-state index contributed by atoms with van der Waals surface area (Å²) in [5.41, 5.74) is 0.777. The van der Waals surface area contributed by atoms with Crippen molar-refractivity contribution in [1.29, 1.82) is 0 Å². The van der Waals surface area contributed by atoms with Crippen LogP contribution in [0.4, 0.5) is 17.6 Å². The summed E-state index contributed by atoms with van der Waals surface area (Å²) in [5, 5.41) is 2.96. The normalized spacial score (nSPS) is 25.5. The molecular weight excluding hydrogens is 442 g/mol. The van der Waals surface area contributed by atoms with Crippen molar-refractivity contribution in [3.8, 4) is 11.3 Å². The van der Waals surface area contributed by atoms with Gasteiger partial charge in [-0.2, -0.15) is 0 Å². The zero-order chi connectivity index (χ0) is 22.4. The topological polar surface area (TPSA) is 65.4 Å². The van der Waals surface area contributed by atoms with Gasteiger partial charge in [0.2, 0.25) is 5.91 Å². The van der Waals surface area contributed by atoms with Gasteiger partial charge in [-0.1, -0.05) is 17.7 Å². The van der Waals surface area contributed by atoms with Crippen molar-refractivity contribution < 1.29 is 31.8 Å². The molecule has 168 valence electrons. The highest BCUT2D eigenvalue weighted by Gasteiger charge is 2.69. The van der Waals surface area contributed by atoms with E-state index in [1.54, 1.807) is 12.4 Å². The number of aromatic nitrogens is 2. The number of nitrogens with zero attached hydrogens (tertiary/aromatic N) is 2. The maximum absolute atomic E-state index is 13.7. The Labute approximate surface area is 180 Å². The summed E-state index contributed by atoms with van der Waals surface area (Å²) < 4.78 is 60.5. The number of ether oxygens (including phenoxy) is 2. The molecule has 3 saturated carbocycles. The molecule has 6 nitrogen and oxygen atoms in total. The van der Waals surface area contributed by atoms with E-state index in [9.17, 15) is 22.4 Å². The van der Waals surface area contributed by atoms with Gasteiger partial charge >= 0.3 is 6.36 Å². The molecule has 0 unspecified atom stereocenters. The summed E-state index contributed by atoms with van der Waals surface area (Å²) in [6, 6.07) is 4.51. The van der Waals surface area contributed by atoms with Crippen LogP contribution in [0.1, 0.15) is 26.2 Å². The summed E-state index contributed by atoms with van der Waals surface area (Å²) in [5.74, 6) is -0.891. The van der Waals surface area contributed by atoms with Crippen LogP contribution in [0.2, 0.25) is 5.02 Å². The Bertz CT molecular complexity index is 975. The van der Waals surface area contributed by atoms with Gasteiger partial charge in [0, 0.05) is 17.3 Å². The average Bonchev–Trinajstić information content (AvgIpc) is 3.11. The van der Waals surface area contributed by atoms with Gasteiger partial charge in [0.1, 0.15) is 12.4 Å². The third-order valence-corrected chi connectivity index (χ3v) is 6.04. The maximum atomic E-state index is 13.7. The Kier molecular flexibility index (Phi) is 5.51. The molecule has 3 aliphatic rings. The largest absolute Gasteiger partial charge is 0.522 e. The molecule has 0 aliphatic heterocycles. The zero-order valence-electron chi connectivity index (χ0n) is 16.5. The number of benzene rings is 1. The second-order valence-corrected chi connectivity index (χ2v) is 8.66. The van der Waals surface area contributed by atoms with Crippen LogP contribution < -0.4 is 5.32 Å². The summed E-state index contributed by atoms with van der Waals surface area (Å²) in [4.78, 5) is 16.5. The van der Waals surface area contributed by atoms with E-state index in [1.807, 2.05) is 10.8 Å². The smallest absolute Gasteiger partial charge is 0.366 e. The number of halogens is 5. The number of nitrogens with one attached hydrogen (secondary N) is 1. The number of hydrogen-bond donors (Lipinski definition) is 1. The molecule has 2 bridgehead atoms. The fourth-order valence-electron chi connectivity index (χ4n) is 4.34. The molecule has 0 saturated heterocycles. The fourth-order valence-corrected chi connectivity index (χ4v) is 4.45. The number of imidazole rings is 1. The second-order valence-electron chi connectivity index (χ2n) is 8.26. The van der Waals surface area contributed by atoms with Crippen molar-refractivity contribution in [3.05, 3.63) is 41.6 Å². The summed E-state index contributed by atoms with van der Waals surface area (Å²) in [7, 11) is 0. The summed E-state index contributed by atoms with van der Waals surface area (Å²) in [6.07, 6.45) is 0.0795. The lowest BCUT2D eigenvalue weighted by atomic mass is 9.44. The molecule has 31 heavy (non-hydrogen) atoms. The van der Waals surface area contributed by atoms with Gasteiger partial charge in [-0.25, -0.2) is 9.37 Å². The minimum Gasteiger partial charge on any atom is -0.366 e. The van der Waals surface area contributed by atoms with Crippen molar-refractivity contribution in [2.75, 3.05) is 13.2 Å². The monoisotopic (exact) mass is 461 g/mol. The number of hydrogen-bond acceptors (Lipinski definition) is 4. The number of rotatable bonds is 8. The quantitative estimate of drug-likeness (QED) is 0.603. The predicted molar refractivity (Wildman–Crippen MR) is 103 cm³/mol. The lowest BCUT2D eigenvalue weighted by molar-refractivity contribution is -0.330. The van der Waals surface area contributed by atoms with E-state index in [0.717, 1.165) is 0 Å². The van der Waals surface area contributed by atoms with Crippen LogP contribution >= 0.6 is 11.6 Å². The molecule has 1 aromatic heterocycles. The SMILES string of the molecule is C[C@@H](COC(F)(F)F)OCC(=O)NC12CC(n3cnc(-c4ccc(Cl)c(F)c4)c3)(C1)C2. The maximum Gasteiger partial charge on any atom is 0.522 e. The first kappa shape index (κ1) is 22.0. The third-order valence-electron chi connectivity index (χ3n) is 5.73. The number of carbonyl (C=O) groups excluding carboxylic acids is 1. The molecule has 1 amide bonds. The van der Waals surface area contributed by atoms with Gasteiger partial charge < -0.3 is 14.6 Å². The van der Waals surface area contributed by atoms with Gasteiger partial charge in [-0.3, -0.25) is 9.53 Å². The van der Waals surface area contributed by atoms with Crippen molar-refractivity contribution >= 4 is 17.5 Å². The highest BCUT2D eigenvalue weighted by molar-refractivity contribution is 6.30. The van der Waals surface area contributed by atoms with E-state index in [1.165, 1.54) is 19.1 Å². The molecule has 1 heterocycles. The zero-order valence-corrected chi connectivity index (χ0v) is 17.3. The molecule has 3 fully saturated rings. The fraction of sp³-hybridized carbons (Fsp3) is 0.500. The molecular formula is C20H20ClF4N3O3. The summed E-state index contributed by atoms with van der Waals surface area (Å²) in [6.45, 7) is 0.387. The Morgan fingerprint density at radius 2 is 2.06 bits per heavy atom. The first-order chi connectivity index (χ1) is 14.5. The lowest BCUT2D eigenvalue weighted by Gasteiger charge is -2.70. The van der Waals surface area contributed by atoms with Crippen LogP contribution in [0, 0.1) is 5.82 Å². The third kappa shape index (κ3) is 4.56. The van der Waals surface area contributed by atoms with Crippen molar-refractivity contribution in [3.63, 3.8) is 0 Å². The molecule has 2 aromatic rings. The van der Waals surface area contributed by atoms with Crippen LogP contribution in [0.5, 0.6) is 0 Å². The number of carbonyl (C=O) groups is 1. The van der Waals surface area contributed by atoms with E-state index in [-0.39, 0.29) is 28.6 Å². The van der Waals surface area contributed by atoms with Gasteiger partial charge in [0.05, 0.1) is 35.3 Å². The second kappa shape index (κ2) is 7.75. The van der Waals surface area contributed by atoms with E-state index in [2.05, 4.69) is 15.0 Å². The Balaban J connectivity index is 1.26. The highest BCUT2D eigenvalue weighted by Crippen LogP contribution is 2.65. The molecule has 11 heteroatoms. The molecule has 0 radical (unpaired) electrons. The molecule has 1 atom stereocenters. The molecule has 1 aromatic carbocycles. The minimum absolute atomic E-state index is 0.0477. The van der Waals surface area contributed by atoms with Crippen LogP contribution in [-0.4, -0.2) is 46.7 Å². The predicted octanol–water partition coefficient (Wildman–Crippen LogP) is 4.03. The van der Waals surface area contributed by atoms with Gasteiger partial charge in [-0.05, 0) is 38.3 Å². The number of amides is 1. The van der Waals surface area contributed by atoms with Crippen LogP contribution in [0.25, 0.3) is 11.3 Å². The minimum atomic E-state index is -4.73. The molecule has 0 spiro atoms. The molecule has 3 aliphatic carbocycles. The summed E-state index contributed by atoms with van der Waals surface area (Å²) >= 11 is 5.72. The van der Waals surface area contributed by atoms with Crippen LogP contribution in [0.15, 0.2) is 30.7 Å². The van der Waals surface area contributed by atoms with Crippen LogP contribution in [-0.2, 0) is 19.8 Å². The van der Waals surface area contributed by atoms with Gasteiger partial charge in [0.25, 0.3) is 0 Å². The Hall–Kier alpha value is -2.17. The van der Waals surface area contributed by atoms with Crippen molar-refractivity contribution in [2.45, 2.75) is 49.7 Å². The standard InChI is InChI=1S/C20H20ClF4N3O3/c1-12(6-31-20(23,24)25)30-7-17(29)27-18-8-19(9-18,10-18)28-5-16(26-11-28)13-2-3-14(21)15(22)4-13/h2-5,11-12H,6-10H2,1H3,(H,27,29)/t12-,18?,19?/m0/s1. The van der Waals surface area contributed by atoms with E-state index >= 15 is 0 Å². The van der Waals surface area contributed by atoms with E-state index in [4.69, 9.17) is 16.3 Å². The van der Waals surface area contributed by atoms with Crippen LogP contribution in [0.3, 0.4) is 0 Å². The lowest BCUT2D eigenvalue weighted by Crippen LogP contribution is -2.78. The average molecular weight is 462 g/mol. The van der Waals surface area contributed by atoms with Crippen molar-refractivity contribution in [1.82, 2.24) is 14.9 Å². The van der Waals surface area contributed by atoms with Gasteiger partial charge in [0.15, 0.2) is 0 Å². The van der Waals surface area contributed by atoms with E-state index < -0.39 is 24.9 Å². The highest BCUT2D eigenvalue weighted by atomic mass is 35.5. The number of alkyl halides is 3. The molecule has 5 rings (SSSR count). The van der Waals surface area contributed by atoms with Gasteiger partial charge in [-0.15, -0.1) is 13.2 Å². The first-order valence-corrected chi connectivity index (χ1v) is 10.0. The Morgan fingerprint density at radius 1 is 1.35 bits per heavy atom. The molecule has 1 N–H and O–H groups in total.